The second kappa shape index (κ2) is 4.70. The molecule has 0 saturated carbocycles. The van der Waals surface area contributed by atoms with E-state index in [1.165, 1.54) is 0 Å². The third-order valence-electron chi connectivity index (χ3n) is 2.55. The average molecular weight is 266 g/mol. The van der Waals surface area contributed by atoms with Gasteiger partial charge in [0.15, 0.2) is 0 Å². The summed E-state index contributed by atoms with van der Waals surface area (Å²) in [6.07, 6.45) is -4.39. The quantitative estimate of drug-likeness (QED) is 0.789. The Labute approximate surface area is 102 Å². The van der Waals surface area contributed by atoms with Gasteiger partial charge in [-0.3, -0.25) is 0 Å². The van der Waals surface area contributed by atoms with E-state index in [0.29, 0.717) is 13.1 Å². The number of anilines is 1. The van der Waals surface area contributed by atoms with Crippen LogP contribution in [-0.2, 0) is 6.18 Å². The second-order valence-electron chi connectivity index (χ2n) is 3.77. The molecule has 1 aromatic heterocycles. The SMILES string of the molecule is FC(F)(F)c1cc(Cl)nc(N2CCNCC2)c1. The van der Waals surface area contributed by atoms with Crippen molar-refractivity contribution in [3.8, 4) is 0 Å². The van der Waals surface area contributed by atoms with Crippen LogP contribution in [0, 0.1) is 0 Å². The predicted octanol–water partition coefficient (Wildman–Crippen LogP) is 2.16. The van der Waals surface area contributed by atoms with Gasteiger partial charge in [-0.1, -0.05) is 11.6 Å². The Kier molecular flexibility index (Phi) is 3.44. The van der Waals surface area contributed by atoms with E-state index < -0.39 is 11.7 Å². The van der Waals surface area contributed by atoms with Crippen LogP contribution in [0.2, 0.25) is 5.15 Å². The second-order valence-corrected chi connectivity index (χ2v) is 4.16. The number of rotatable bonds is 1. The topological polar surface area (TPSA) is 28.2 Å². The number of nitrogens with zero attached hydrogens (tertiary/aromatic N) is 2. The Hall–Kier alpha value is -1.01. The van der Waals surface area contributed by atoms with E-state index in [1.54, 1.807) is 4.90 Å². The number of hydrogen-bond donors (Lipinski definition) is 1. The van der Waals surface area contributed by atoms with E-state index in [9.17, 15) is 13.2 Å². The molecule has 0 amide bonds. The lowest BCUT2D eigenvalue weighted by Crippen LogP contribution is -2.44. The summed E-state index contributed by atoms with van der Waals surface area (Å²) >= 11 is 5.62. The number of nitrogens with one attached hydrogen (secondary N) is 1. The molecule has 7 heteroatoms. The molecule has 1 saturated heterocycles. The van der Waals surface area contributed by atoms with Gasteiger partial charge in [-0.2, -0.15) is 13.2 Å². The lowest BCUT2D eigenvalue weighted by Gasteiger charge is -2.28. The van der Waals surface area contributed by atoms with Crippen molar-refractivity contribution in [2.75, 3.05) is 31.1 Å². The predicted molar refractivity (Wildman–Crippen MR) is 59.3 cm³/mol. The zero-order chi connectivity index (χ0) is 12.5. The van der Waals surface area contributed by atoms with E-state index in [4.69, 9.17) is 11.6 Å². The molecule has 0 bridgehead atoms. The van der Waals surface area contributed by atoms with E-state index in [-0.39, 0.29) is 11.0 Å². The van der Waals surface area contributed by atoms with Crippen molar-refractivity contribution in [1.82, 2.24) is 10.3 Å². The largest absolute Gasteiger partial charge is 0.416 e. The molecule has 0 atom stereocenters. The molecular formula is C10H11ClF3N3. The normalized spacial score (nSPS) is 17.3. The van der Waals surface area contributed by atoms with Crippen molar-refractivity contribution in [1.29, 1.82) is 0 Å². The summed E-state index contributed by atoms with van der Waals surface area (Å²) in [4.78, 5) is 5.72. The maximum atomic E-state index is 12.6. The fourth-order valence-electron chi connectivity index (χ4n) is 1.70. The Morgan fingerprint density at radius 2 is 1.88 bits per heavy atom. The Bertz CT molecular complexity index is 402. The molecule has 94 valence electrons. The summed E-state index contributed by atoms with van der Waals surface area (Å²) in [5, 5.41) is 2.99. The monoisotopic (exact) mass is 265 g/mol. The Morgan fingerprint density at radius 3 is 2.47 bits per heavy atom. The molecule has 0 radical (unpaired) electrons. The van der Waals surface area contributed by atoms with Crippen LogP contribution in [-0.4, -0.2) is 31.2 Å². The third-order valence-corrected chi connectivity index (χ3v) is 2.74. The highest BCUT2D eigenvalue weighted by Crippen LogP contribution is 2.32. The average Bonchev–Trinajstić information content (AvgIpc) is 2.28. The molecule has 1 aromatic rings. The van der Waals surface area contributed by atoms with E-state index >= 15 is 0 Å². The van der Waals surface area contributed by atoms with Crippen molar-refractivity contribution >= 4 is 17.4 Å². The van der Waals surface area contributed by atoms with Crippen molar-refractivity contribution in [2.24, 2.45) is 0 Å². The summed E-state index contributed by atoms with van der Waals surface area (Å²) in [7, 11) is 0. The number of hydrogen-bond acceptors (Lipinski definition) is 3. The lowest BCUT2D eigenvalue weighted by atomic mass is 10.2. The first-order valence-electron chi connectivity index (χ1n) is 5.17. The van der Waals surface area contributed by atoms with Gasteiger partial charge in [0.05, 0.1) is 5.56 Å². The lowest BCUT2D eigenvalue weighted by molar-refractivity contribution is -0.137. The van der Waals surface area contributed by atoms with Crippen LogP contribution in [0.5, 0.6) is 0 Å². The van der Waals surface area contributed by atoms with Gasteiger partial charge in [0.25, 0.3) is 0 Å². The highest BCUT2D eigenvalue weighted by molar-refractivity contribution is 6.29. The zero-order valence-electron chi connectivity index (χ0n) is 8.89. The van der Waals surface area contributed by atoms with Crippen LogP contribution in [0.25, 0.3) is 0 Å². The number of pyridine rings is 1. The molecule has 1 aliphatic heterocycles. The van der Waals surface area contributed by atoms with Crippen molar-refractivity contribution in [3.05, 3.63) is 22.8 Å². The van der Waals surface area contributed by atoms with Gasteiger partial charge in [-0.25, -0.2) is 4.98 Å². The Balaban J connectivity index is 2.31. The van der Waals surface area contributed by atoms with Crippen LogP contribution >= 0.6 is 11.6 Å². The number of aromatic nitrogens is 1. The molecule has 0 spiro atoms. The van der Waals surface area contributed by atoms with Gasteiger partial charge in [-0.05, 0) is 12.1 Å². The van der Waals surface area contributed by atoms with Crippen molar-refractivity contribution in [3.63, 3.8) is 0 Å². The highest BCUT2D eigenvalue weighted by atomic mass is 35.5. The highest BCUT2D eigenvalue weighted by Gasteiger charge is 2.32. The first kappa shape index (κ1) is 12.4. The van der Waals surface area contributed by atoms with Crippen LogP contribution in [0.15, 0.2) is 12.1 Å². The van der Waals surface area contributed by atoms with Crippen molar-refractivity contribution in [2.45, 2.75) is 6.18 Å². The van der Waals surface area contributed by atoms with Gasteiger partial charge in [-0.15, -0.1) is 0 Å². The standard InChI is InChI=1S/C10H11ClF3N3/c11-8-5-7(10(12,13)14)6-9(16-8)17-3-1-15-2-4-17/h5-6,15H,1-4H2. The zero-order valence-corrected chi connectivity index (χ0v) is 9.65. The molecule has 1 N–H and O–H groups in total. The number of alkyl halides is 3. The van der Waals surface area contributed by atoms with Crippen LogP contribution in [0.4, 0.5) is 19.0 Å². The first-order chi connectivity index (χ1) is 7.97. The summed E-state index contributed by atoms with van der Waals surface area (Å²) in [6.45, 7) is 2.72. The summed E-state index contributed by atoms with van der Waals surface area (Å²) < 4.78 is 37.8. The minimum absolute atomic E-state index is 0.131. The van der Waals surface area contributed by atoms with Gasteiger partial charge >= 0.3 is 6.18 Å². The summed E-state index contributed by atoms with van der Waals surface area (Å²) in [5.74, 6) is 0.284. The first-order valence-corrected chi connectivity index (χ1v) is 5.55. The fourth-order valence-corrected chi connectivity index (χ4v) is 1.91. The van der Waals surface area contributed by atoms with E-state index in [2.05, 4.69) is 10.3 Å². The minimum atomic E-state index is -4.39. The van der Waals surface area contributed by atoms with Gasteiger partial charge < -0.3 is 10.2 Å². The number of halogens is 4. The molecule has 2 rings (SSSR count). The van der Waals surface area contributed by atoms with Crippen LogP contribution in [0.3, 0.4) is 0 Å². The minimum Gasteiger partial charge on any atom is -0.354 e. The van der Waals surface area contributed by atoms with Gasteiger partial charge in [0.1, 0.15) is 11.0 Å². The molecule has 1 aliphatic rings. The molecule has 0 aliphatic carbocycles. The molecule has 1 fully saturated rings. The molecule has 2 heterocycles. The summed E-state index contributed by atoms with van der Waals surface area (Å²) in [5.41, 5.74) is -0.758. The molecular weight excluding hydrogens is 255 g/mol. The maximum absolute atomic E-state index is 12.6. The van der Waals surface area contributed by atoms with Crippen molar-refractivity contribution < 1.29 is 13.2 Å². The van der Waals surface area contributed by atoms with Gasteiger partial charge in [0.2, 0.25) is 0 Å². The number of piperazine rings is 1. The molecule has 3 nitrogen and oxygen atoms in total. The van der Waals surface area contributed by atoms with Crippen LogP contribution < -0.4 is 10.2 Å². The third kappa shape index (κ3) is 3.01. The van der Waals surface area contributed by atoms with E-state index in [1.807, 2.05) is 0 Å². The molecule has 17 heavy (non-hydrogen) atoms. The molecule has 0 aromatic carbocycles. The Morgan fingerprint density at radius 1 is 1.24 bits per heavy atom. The van der Waals surface area contributed by atoms with Crippen LogP contribution in [0.1, 0.15) is 5.56 Å². The van der Waals surface area contributed by atoms with Gasteiger partial charge in [0, 0.05) is 26.2 Å². The molecule has 0 unspecified atom stereocenters. The fraction of sp³-hybridized carbons (Fsp3) is 0.500. The van der Waals surface area contributed by atoms with E-state index in [0.717, 1.165) is 25.2 Å². The maximum Gasteiger partial charge on any atom is 0.416 e. The smallest absolute Gasteiger partial charge is 0.354 e. The summed E-state index contributed by atoms with van der Waals surface area (Å²) in [6, 6.07) is 1.88.